The van der Waals surface area contributed by atoms with E-state index >= 15 is 0 Å². The largest absolute Gasteiger partial charge is 0.458 e. The minimum Gasteiger partial charge on any atom is -0.458 e. The molecular weight excluding hydrogens is 504 g/mol. The van der Waals surface area contributed by atoms with E-state index in [9.17, 15) is 25.2 Å². The van der Waals surface area contributed by atoms with Gasteiger partial charge in [-0.15, -0.1) is 0 Å². The number of hydrogen-bond donors (Lipinski definition) is 4. The fraction of sp³-hybridized carbons (Fsp3) is 0.833. The number of aliphatic hydroxyl groups is 4. The summed E-state index contributed by atoms with van der Waals surface area (Å²) >= 11 is 0. The van der Waals surface area contributed by atoms with Gasteiger partial charge < -0.3 is 39.4 Å². The molecule has 13 atom stereocenters. The van der Waals surface area contributed by atoms with Crippen LogP contribution < -0.4 is 0 Å². The fourth-order valence-electron chi connectivity index (χ4n) is 9.56. The summed E-state index contributed by atoms with van der Waals surface area (Å²) in [5.74, 6) is 0.0366. The molecule has 1 saturated heterocycles. The number of hydrogen-bond acceptors (Lipinski definition) is 9. The van der Waals surface area contributed by atoms with Gasteiger partial charge in [0.1, 0.15) is 24.9 Å². The minimum atomic E-state index is -1.16. The standard InChI is InChI=1S/C30H44O9/c1-15-24(33)26(36-4)25(34)27(38-15)39-18-12-17-5-6-21-20(29(17,3)22(31)13-18)7-9-28(2)19(8-10-30(21,28)35)16-11-23(32)37-14-16/h11-12,15,18-22,24-27,31,33-35H,5-10,13-14H2,1-4H3. The first-order valence-electron chi connectivity index (χ1n) is 14.6. The van der Waals surface area contributed by atoms with E-state index in [0.29, 0.717) is 19.4 Å². The normalized spacial score (nSPS) is 53.3. The van der Waals surface area contributed by atoms with Gasteiger partial charge in [0.2, 0.25) is 0 Å². The second kappa shape index (κ2) is 9.61. The van der Waals surface area contributed by atoms with Crippen molar-refractivity contribution in [2.75, 3.05) is 13.7 Å². The van der Waals surface area contributed by atoms with E-state index in [-0.39, 0.29) is 29.1 Å². The highest BCUT2D eigenvalue weighted by Crippen LogP contribution is 2.69. The second-order valence-electron chi connectivity index (χ2n) is 13.3. The summed E-state index contributed by atoms with van der Waals surface area (Å²) in [5.41, 5.74) is 0.495. The van der Waals surface area contributed by atoms with Crippen LogP contribution in [-0.2, 0) is 23.7 Å². The Kier molecular flexibility index (Phi) is 6.86. The van der Waals surface area contributed by atoms with E-state index in [1.165, 1.54) is 7.11 Å². The number of esters is 1. The Morgan fingerprint density at radius 1 is 1.05 bits per heavy atom. The van der Waals surface area contributed by atoms with Crippen molar-refractivity contribution in [1.29, 1.82) is 0 Å². The molecule has 3 saturated carbocycles. The van der Waals surface area contributed by atoms with Gasteiger partial charge in [-0.2, -0.15) is 0 Å². The highest BCUT2D eigenvalue weighted by molar-refractivity contribution is 5.85. The van der Waals surface area contributed by atoms with Crippen molar-refractivity contribution in [2.45, 2.75) is 114 Å². The molecule has 9 nitrogen and oxygen atoms in total. The summed E-state index contributed by atoms with van der Waals surface area (Å²) in [6.45, 7) is 6.39. The van der Waals surface area contributed by atoms with Crippen LogP contribution in [-0.4, -0.2) is 88.6 Å². The van der Waals surface area contributed by atoms with E-state index in [1.807, 2.05) is 0 Å². The van der Waals surface area contributed by atoms with Gasteiger partial charge >= 0.3 is 5.97 Å². The van der Waals surface area contributed by atoms with Crippen molar-refractivity contribution >= 4 is 5.97 Å². The van der Waals surface area contributed by atoms with Gasteiger partial charge in [-0.3, -0.25) is 0 Å². The van der Waals surface area contributed by atoms with Crippen LogP contribution in [0.3, 0.4) is 0 Å². The first-order chi connectivity index (χ1) is 18.4. The molecule has 4 aliphatic carbocycles. The zero-order valence-electron chi connectivity index (χ0n) is 23.4. The second-order valence-corrected chi connectivity index (χ2v) is 13.3. The molecule has 9 heteroatoms. The SMILES string of the molecule is COC1C(O)C(C)OC(OC2C=C3CCC4C(CCC5(C)C(C6=CC(=O)OC6)CCC45O)C3(C)C(O)C2)C1O. The monoisotopic (exact) mass is 548 g/mol. The molecule has 218 valence electrons. The lowest BCUT2D eigenvalue weighted by Crippen LogP contribution is -2.63. The van der Waals surface area contributed by atoms with Gasteiger partial charge in [-0.1, -0.05) is 25.5 Å². The summed E-state index contributed by atoms with van der Waals surface area (Å²) in [6.07, 6.45) is 3.33. The molecule has 0 bridgehead atoms. The fourth-order valence-corrected chi connectivity index (χ4v) is 9.56. The lowest BCUT2D eigenvalue weighted by molar-refractivity contribution is -0.306. The zero-order valence-corrected chi connectivity index (χ0v) is 23.4. The van der Waals surface area contributed by atoms with Crippen LogP contribution in [0.25, 0.3) is 0 Å². The maximum atomic E-state index is 12.4. The first-order valence-corrected chi connectivity index (χ1v) is 14.6. The smallest absolute Gasteiger partial charge is 0.331 e. The van der Waals surface area contributed by atoms with Gasteiger partial charge in [0.25, 0.3) is 0 Å². The zero-order chi connectivity index (χ0) is 27.9. The maximum absolute atomic E-state index is 12.4. The first kappa shape index (κ1) is 27.8. The number of ether oxygens (including phenoxy) is 4. The third-order valence-corrected chi connectivity index (χ3v) is 11.9. The number of aliphatic hydroxyl groups excluding tert-OH is 3. The number of rotatable bonds is 4. The van der Waals surface area contributed by atoms with Crippen molar-refractivity contribution in [3.63, 3.8) is 0 Å². The van der Waals surface area contributed by atoms with Crippen LogP contribution in [0.2, 0.25) is 0 Å². The van der Waals surface area contributed by atoms with Gasteiger partial charge in [0.05, 0.1) is 23.9 Å². The lowest BCUT2D eigenvalue weighted by Gasteiger charge is -2.62. The molecule has 0 amide bonds. The number of methoxy groups -OCH3 is 1. The highest BCUT2D eigenvalue weighted by atomic mass is 16.7. The molecule has 13 unspecified atom stereocenters. The van der Waals surface area contributed by atoms with Crippen LogP contribution in [0.1, 0.15) is 65.7 Å². The predicted octanol–water partition coefficient (Wildman–Crippen LogP) is 2.00. The summed E-state index contributed by atoms with van der Waals surface area (Å²) in [5, 5.41) is 45.1. The Morgan fingerprint density at radius 3 is 2.51 bits per heavy atom. The third kappa shape index (κ3) is 3.95. The van der Waals surface area contributed by atoms with E-state index in [1.54, 1.807) is 13.0 Å². The summed E-state index contributed by atoms with van der Waals surface area (Å²) in [6, 6.07) is 0. The summed E-state index contributed by atoms with van der Waals surface area (Å²) < 4.78 is 22.5. The molecule has 0 spiro atoms. The topological polar surface area (TPSA) is 135 Å². The van der Waals surface area contributed by atoms with Crippen LogP contribution in [0.15, 0.2) is 23.3 Å². The average molecular weight is 549 g/mol. The van der Waals surface area contributed by atoms with Gasteiger partial charge in [0, 0.05) is 30.4 Å². The van der Waals surface area contributed by atoms with Gasteiger partial charge in [0.15, 0.2) is 6.29 Å². The lowest BCUT2D eigenvalue weighted by atomic mass is 9.44. The van der Waals surface area contributed by atoms with Crippen LogP contribution in [0.5, 0.6) is 0 Å². The van der Waals surface area contributed by atoms with Gasteiger partial charge in [-0.05, 0) is 68.8 Å². The van der Waals surface area contributed by atoms with Crippen molar-refractivity contribution < 1.29 is 44.2 Å². The van der Waals surface area contributed by atoms with Crippen molar-refractivity contribution in [3.8, 4) is 0 Å². The average Bonchev–Trinajstić information content (AvgIpc) is 3.43. The quantitative estimate of drug-likeness (QED) is 0.307. The van der Waals surface area contributed by atoms with Crippen molar-refractivity contribution in [2.24, 2.45) is 28.6 Å². The van der Waals surface area contributed by atoms with E-state index in [0.717, 1.165) is 43.3 Å². The van der Waals surface area contributed by atoms with E-state index < -0.39 is 53.9 Å². The molecule has 6 aliphatic rings. The van der Waals surface area contributed by atoms with Crippen molar-refractivity contribution in [3.05, 3.63) is 23.3 Å². The van der Waals surface area contributed by atoms with Gasteiger partial charge in [-0.25, -0.2) is 4.79 Å². The Balaban J connectivity index is 1.23. The summed E-state index contributed by atoms with van der Waals surface area (Å²) in [4.78, 5) is 11.8. The molecule has 6 rings (SSSR count). The van der Waals surface area contributed by atoms with Crippen LogP contribution in [0.4, 0.5) is 0 Å². The van der Waals surface area contributed by atoms with Crippen LogP contribution >= 0.6 is 0 Å². The predicted molar refractivity (Wildman–Crippen MR) is 139 cm³/mol. The number of carbonyl (C=O) groups is 1. The molecule has 2 aliphatic heterocycles. The minimum absolute atomic E-state index is 0.0578. The number of fused-ring (bicyclic) bond motifs is 5. The number of cyclic esters (lactones) is 1. The molecular formula is C30H44O9. The van der Waals surface area contributed by atoms with Crippen molar-refractivity contribution in [1.82, 2.24) is 0 Å². The summed E-state index contributed by atoms with van der Waals surface area (Å²) in [7, 11) is 1.44. The number of carbonyl (C=O) groups excluding carboxylic acids is 1. The van der Waals surface area contributed by atoms with Crippen LogP contribution in [0, 0.1) is 28.6 Å². The molecule has 4 fully saturated rings. The molecule has 0 radical (unpaired) electrons. The molecule has 0 aromatic heterocycles. The molecule has 0 aromatic carbocycles. The Morgan fingerprint density at radius 2 is 1.82 bits per heavy atom. The molecule has 39 heavy (non-hydrogen) atoms. The molecule has 2 heterocycles. The highest BCUT2D eigenvalue weighted by Gasteiger charge is 2.68. The Labute approximate surface area is 230 Å². The van der Waals surface area contributed by atoms with E-state index in [2.05, 4.69) is 19.9 Å². The Hall–Kier alpha value is -1.33. The van der Waals surface area contributed by atoms with E-state index in [4.69, 9.17) is 18.9 Å². The molecule has 4 N–H and O–H groups in total. The Bertz CT molecular complexity index is 1060. The third-order valence-electron chi connectivity index (χ3n) is 11.9. The molecule has 0 aromatic rings. The maximum Gasteiger partial charge on any atom is 0.331 e.